The van der Waals surface area contributed by atoms with Crippen molar-refractivity contribution < 1.29 is 0 Å². The number of para-hydroxylation sites is 1. The van der Waals surface area contributed by atoms with Crippen LogP contribution in [0.5, 0.6) is 0 Å². The zero-order valence-electron chi connectivity index (χ0n) is 12.4. The van der Waals surface area contributed by atoms with Crippen LogP contribution in [0.25, 0.3) is 0 Å². The molecule has 1 aliphatic rings. The Hall–Kier alpha value is -0.940. The van der Waals surface area contributed by atoms with Crippen molar-refractivity contribution in [2.75, 3.05) is 37.3 Å². The van der Waals surface area contributed by atoms with E-state index in [4.69, 9.17) is 12.2 Å². The maximum Gasteiger partial charge on any atom is 0.169 e. The molecule has 0 bridgehead atoms. The van der Waals surface area contributed by atoms with Crippen LogP contribution in [0.1, 0.15) is 24.8 Å². The lowest BCUT2D eigenvalue weighted by atomic mass is 10.1. The summed E-state index contributed by atoms with van der Waals surface area (Å²) in [6, 6.07) is 8.71. The Balaban J connectivity index is 2.34. The van der Waals surface area contributed by atoms with Crippen LogP contribution < -0.4 is 10.2 Å². The number of hydrogen-bond acceptors (Lipinski definition) is 3. The number of nitrogens with one attached hydrogen (secondary N) is 1. The third-order valence-corrected chi connectivity index (χ3v) is 5.35. The fraction of sp³-hybridized carbons (Fsp3) is 0.533. The summed E-state index contributed by atoms with van der Waals surface area (Å²) in [6.45, 7) is 7.49. The van der Waals surface area contributed by atoms with Crippen LogP contribution in [0.3, 0.4) is 0 Å². The summed E-state index contributed by atoms with van der Waals surface area (Å²) in [5, 5.41) is 4.28. The molecule has 0 spiro atoms. The van der Waals surface area contributed by atoms with Gasteiger partial charge in [0.05, 0.1) is 0 Å². The van der Waals surface area contributed by atoms with E-state index in [1.54, 1.807) is 0 Å². The quantitative estimate of drug-likeness (QED) is 0.859. The second-order valence-corrected chi connectivity index (χ2v) is 6.28. The van der Waals surface area contributed by atoms with Gasteiger partial charge in [0.2, 0.25) is 0 Å². The monoisotopic (exact) mass is 309 g/mol. The Kier molecular flexibility index (Phi) is 5.54. The topological polar surface area (TPSA) is 18.5 Å². The molecule has 1 aromatic rings. The van der Waals surface area contributed by atoms with E-state index in [0.29, 0.717) is 5.37 Å². The molecule has 1 saturated heterocycles. The van der Waals surface area contributed by atoms with Crippen LogP contribution in [-0.4, -0.2) is 42.4 Å². The molecule has 1 aromatic carbocycles. The molecule has 0 amide bonds. The van der Waals surface area contributed by atoms with E-state index in [1.165, 1.54) is 11.3 Å². The predicted molar refractivity (Wildman–Crippen MR) is 93.6 cm³/mol. The number of benzene rings is 1. The van der Waals surface area contributed by atoms with E-state index in [2.05, 4.69) is 53.2 Å². The zero-order chi connectivity index (χ0) is 14.5. The Bertz CT molecular complexity index is 460. The van der Waals surface area contributed by atoms with Crippen LogP contribution in [0.2, 0.25) is 0 Å². The average molecular weight is 310 g/mol. The first-order valence-corrected chi connectivity index (χ1v) is 8.62. The van der Waals surface area contributed by atoms with E-state index in [1.807, 2.05) is 18.8 Å². The normalized spacial score (nSPS) is 18.1. The SMILES string of the molecule is CCN(CC)c1ccccc1C1SCCN1C(=S)NC. The first-order valence-electron chi connectivity index (χ1n) is 7.16. The molecule has 1 N–H and O–H groups in total. The van der Waals surface area contributed by atoms with Crippen molar-refractivity contribution in [1.82, 2.24) is 10.2 Å². The van der Waals surface area contributed by atoms with Gasteiger partial charge in [-0.3, -0.25) is 0 Å². The highest BCUT2D eigenvalue weighted by Crippen LogP contribution is 2.41. The summed E-state index contributed by atoms with van der Waals surface area (Å²) in [5.74, 6) is 1.12. The van der Waals surface area contributed by atoms with E-state index < -0.39 is 0 Å². The lowest BCUT2D eigenvalue weighted by molar-refractivity contribution is 0.446. The molecule has 110 valence electrons. The number of thiocarbonyl (C=S) groups is 1. The Morgan fingerprint density at radius 3 is 2.75 bits per heavy atom. The fourth-order valence-electron chi connectivity index (χ4n) is 2.63. The molecule has 1 heterocycles. The molecule has 0 aliphatic carbocycles. The molecule has 3 nitrogen and oxygen atoms in total. The molecular formula is C15H23N3S2. The highest BCUT2D eigenvalue weighted by atomic mass is 32.2. The Labute approximate surface area is 131 Å². The summed E-state index contributed by atoms with van der Waals surface area (Å²) < 4.78 is 0. The van der Waals surface area contributed by atoms with Gasteiger partial charge in [0.15, 0.2) is 5.11 Å². The molecule has 2 rings (SSSR count). The van der Waals surface area contributed by atoms with E-state index in [9.17, 15) is 0 Å². The molecular weight excluding hydrogens is 286 g/mol. The highest BCUT2D eigenvalue weighted by Gasteiger charge is 2.30. The summed E-state index contributed by atoms with van der Waals surface area (Å²) in [6.07, 6.45) is 0. The molecule has 20 heavy (non-hydrogen) atoms. The summed E-state index contributed by atoms with van der Waals surface area (Å²) >= 11 is 7.42. The maximum atomic E-state index is 5.45. The van der Waals surface area contributed by atoms with Crippen molar-refractivity contribution in [1.29, 1.82) is 0 Å². The van der Waals surface area contributed by atoms with Gasteiger partial charge in [-0.1, -0.05) is 18.2 Å². The van der Waals surface area contributed by atoms with Crippen molar-refractivity contribution in [2.24, 2.45) is 0 Å². The maximum absolute atomic E-state index is 5.45. The van der Waals surface area contributed by atoms with Gasteiger partial charge < -0.3 is 15.1 Å². The number of rotatable bonds is 4. The standard InChI is InChI=1S/C15H23N3S2/c1-4-17(5-2)13-9-7-6-8-12(13)14-18(10-11-20-14)15(19)16-3/h6-9,14H,4-5,10-11H2,1-3H3,(H,16,19). The van der Waals surface area contributed by atoms with Crippen LogP contribution in [0.4, 0.5) is 5.69 Å². The smallest absolute Gasteiger partial charge is 0.169 e. The zero-order valence-corrected chi connectivity index (χ0v) is 14.1. The van der Waals surface area contributed by atoms with Crippen molar-refractivity contribution >= 4 is 34.8 Å². The van der Waals surface area contributed by atoms with Gasteiger partial charge in [-0.2, -0.15) is 0 Å². The number of nitrogens with zero attached hydrogens (tertiary/aromatic N) is 2. The van der Waals surface area contributed by atoms with Gasteiger partial charge in [-0.15, -0.1) is 11.8 Å². The first kappa shape index (κ1) is 15.4. The van der Waals surface area contributed by atoms with Gasteiger partial charge in [-0.25, -0.2) is 0 Å². The van der Waals surface area contributed by atoms with E-state index in [-0.39, 0.29) is 0 Å². The van der Waals surface area contributed by atoms with Crippen LogP contribution >= 0.6 is 24.0 Å². The van der Waals surface area contributed by atoms with Gasteiger partial charge in [0.25, 0.3) is 0 Å². The van der Waals surface area contributed by atoms with Gasteiger partial charge >= 0.3 is 0 Å². The van der Waals surface area contributed by atoms with Crippen molar-refractivity contribution in [2.45, 2.75) is 19.2 Å². The minimum absolute atomic E-state index is 0.326. The average Bonchev–Trinajstić information content (AvgIpc) is 2.97. The Morgan fingerprint density at radius 1 is 1.40 bits per heavy atom. The second kappa shape index (κ2) is 7.18. The van der Waals surface area contributed by atoms with Crippen molar-refractivity contribution in [3.8, 4) is 0 Å². The van der Waals surface area contributed by atoms with Crippen LogP contribution in [0.15, 0.2) is 24.3 Å². The highest BCUT2D eigenvalue weighted by molar-refractivity contribution is 7.99. The third-order valence-electron chi connectivity index (χ3n) is 3.67. The van der Waals surface area contributed by atoms with Gasteiger partial charge in [-0.05, 0) is 32.1 Å². The lowest BCUT2D eigenvalue weighted by Gasteiger charge is -2.31. The number of hydrogen-bond donors (Lipinski definition) is 1. The van der Waals surface area contributed by atoms with Crippen molar-refractivity contribution in [3.05, 3.63) is 29.8 Å². The molecule has 5 heteroatoms. The molecule has 1 unspecified atom stereocenters. The van der Waals surface area contributed by atoms with E-state index in [0.717, 1.165) is 30.5 Å². The third kappa shape index (κ3) is 3.04. The molecule has 1 aliphatic heterocycles. The molecule has 0 aromatic heterocycles. The molecule has 1 atom stereocenters. The molecule has 0 radical (unpaired) electrons. The van der Waals surface area contributed by atoms with Crippen LogP contribution in [0, 0.1) is 0 Å². The lowest BCUT2D eigenvalue weighted by Crippen LogP contribution is -2.37. The molecule has 1 fully saturated rings. The van der Waals surface area contributed by atoms with Gasteiger partial charge in [0.1, 0.15) is 5.37 Å². The summed E-state index contributed by atoms with van der Waals surface area (Å²) in [5.41, 5.74) is 2.71. The first-order chi connectivity index (χ1) is 9.72. The number of thioether (sulfide) groups is 1. The minimum atomic E-state index is 0.326. The second-order valence-electron chi connectivity index (χ2n) is 4.70. The summed E-state index contributed by atoms with van der Waals surface area (Å²) in [4.78, 5) is 4.71. The molecule has 0 saturated carbocycles. The largest absolute Gasteiger partial charge is 0.372 e. The van der Waals surface area contributed by atoms with Crippen LogP contribution in [-0.2, 0) is 0 Å². The number of anilines is 1. The van der Waals surface area contributed by atoms with Gasteiger partial charge in [0, 0.05) is 43.7 Å². The Morgan fingerprint density at radius 2 is 2.10 bits per heavy atom. The minimum Gasteiger partial charge on any atom is -0.372 e. The predicted octanol–water partition coefficient (Wildman–Crippen LogP) is 3.08. The fourth-order valence-corrected chi connectivity index (χ4v) is 4.19. The summed E-state index contributed by atoms with van der Waals surface area (Å²) in [7, 11) is 1.90. The van der Waals surface area contributed by atoms with E-state index >= 15 is 0 Å². The van der Waals surface area contributed by atoms with Crippen molar-refractivity contribution in [3.63, 3.8) is 0 Å².